The highest BCUT2D eigenvalue weighted by Gasteiger charge is 2.57. The lowest BCUT2D eigenvalue weighted by atomic mass is 9.76. The predicted molar refractivity (Wildman–Crippen MR) is 106 cm³/mol. The Balaban J connectivity index is 1.47. The number of hydrogen-bond acceptors (Lipinski definition) is 5. The van der Waals surface area contributed by atoms with E-state index < -0.39 is 10.0 Å². The van der Waals surface area contributed by atoms with Gasteiger partial charge in [-0.25, -0.2) is 8.42 Å². The second-order valence-electron chi connectivity index (χ2n) is 8.20. The molecule has 0 aliphatic carbocycles. The van der Waals surface area contributed by atoms with Gasteiger partial charge in [-0.3, -0.25) is 4.79 Å². The fourth-order valence-electron chi connectivity index (χ4n) is 5.16. The second kappa shape index (κ2) is 7.31. The van der Waals surface area contributed by atoms with Crippen LogP contribution in [0.2, 0.25) is 0 Å². The Bertz CT molecular complexity index is 832. The molecule has 8 heteroatoms. The average molecular weight is 408 g/mol. The summed E-state index contributed by atoms with van der Waals surface area (Å²) in [6, 6.07) is 6.51. The number of sulfonamides is 1. The number of ether oxygens (including phenoxy) is 1. The number of nitrogens with one attached hydrogen (secondary N) is 1. The molecular formula is C20H29N3O4S. The lowest BCUT2D eigenvalue weighted by Gasteiger charge is -2.42. The van der Waals surface area contributed by atoms with Crippen LogP contribution in [0, 0.1) is 11.8 Å². The molecule has 1 aromatic rings. The highest BCUT2D eigenvalue weighted by Crippen LogP contribution is 2.44. The molecule has 0 bridgehead atoms. The van der Waals surface area contributed by atoms with Gasteiger partial charge in [0.05, 0.1) is 17.9 Å². The molecule has 7 nitrogen and oxygen atoms in total. The summed E-state index contributed by atoms with van der Waals surface area (Å²) in [7, 11) is -1.98. The molecule has 154 valence electrons. The topological polar surface area (TPSA) is 79.0 Å². The SMILES string of the molecule is CCCN1C[C@H]2C(=O)NC3(CCN(S(=O)(=O)c4ccc(OC)cc4)CC3)[C@H]2C1. The van der Waals surface area contributed by atoms with E-state index in [4.69, 9.17) is 4.74 Å². The number of piperidine rings is 1. The largest absolute Gasteiger partial charge is 0.497 e. The summed E-state index contributed by atoms with van der Waals surface area (Å²) in [5, 5.41) is 3.26. The van der Waals surface area contributed by atoms with Crippen molar-refractivity contribution in [1.82, 2.24) is 14.5 Å². The average Bonchev–Trinajstić information content (AvgIpc) is 3.22. The quantitative estimate of drug-likeness (QED) is 0.796. The van der Waals surface area contributed by atoms with Crippen LogP contribution < -0.4 is 10.1 Å². The van der Waals surface area contributed by atoms with Gasteiger partial charge in [-0.05, 0) is 50.1 Å². The van der Waals surface area contributed by atoms with Crippen molar-refractivity contribution < 1.29 is 17.9 Å². The van der Waals surface area contributed by atoms with Crippen molar-refractivity contribution in [3.8, 4) is 5.75 Å². The summed E-state index contributed by atoms with van der Waals surface area (Å²) < 4.78 is 32.7. The molecule has 1 N–H and O–H groups in total. The predicted octanol–water partition coefficient (Wildman–Crippen LogP) is 1.31. The molecule has 4 rings (SSSR count). The van der Waals surface area contributed by atoms with Crippen molar-refractivity contribution in [2.24, 2.45) is 11.8 Å². The third kappa shape index (κ3) is 3.21. The molecule has 0 aromatic heterocycles. The van der Waals surface area contributed by atoms with Gasteiger partial charge in [0.2, 0.25) is 15.9 Å². The Morgan fingerprint density at radius 1 is 1.18 bits per heavy atom. The molecule has 1 aromatic carbocycles. The maximum atomic E-state index is 13.0. The minimum Gasteiger partial charge on any atom is -0.497 e. The Morgan fingerprint density at radius 2 is 1.86 bits per heavy atom. The first-order chi connectivity index (χ1) is 13.4. The second-order valence-corrected chi connectivity index (χ2v) is 10.1. The summed E-state index contributed by atoms with van der Waals surface area (Å²) >= 11 is 0. The van der Waals surface area contributed by atoms with Crippen LogP contribution in [-0.4, -0.2) is 68.9 Å². The van der Waals surface area contributed by atoms with Crippen LogP contribution in [0.1, 0.15) is 26.2 Å². The molecule has 1 amide bonds. The maximum Gasteiger partial charge on any atom is 0.243 e. The van der Waals surface area contributed by atoms with Crippen LogP contribution in [0.25, 0.3) is 0 Å². The first kappa shape index (κ1) is 19.7. The molecule has 3 aliphatic rings. The van der Waals surface area contributed by atoms with E-state index in [1.54, 1.807) is 35.7 Å². The molecule has 1 spiro atoms. The van der Waals surface area contributed by atoms with Crippen LogP contribution >= 0.6 is 0 Å². The van der Waals surface area contributed by atoms with Gasteiger partial charge in [0.15, 0.2) is 0 Å². The molecule has 3 saturated heterocycles. The lowest BCUT2D eigenvalue weighted by Crippen LogP contribution is -2.56. The third-order valence-corrected chi connectivity index (χ3v) is 8.58. The zero-order valence-electron chi connectivity index (χ0n) is 16.6. The van der Waals surface area contributed by atoms with Gasteiger partial charge in [-0.2, -0.15) is 4.31 Å². The molecule has 0 radical (unpaired) electrons. The maximum absolute atomic E-state index is 13.0. The van der Waals surface area contributed by atoms with Crippen molar-refractivity contribution in [2.75, 3.05) is 39.8 Å². The fourth-order valence-corrected chi connectivity index (χ4v) is 6.60. The van der Waals surface area contributed by atoms with E-state index in [1.165, 1.54) is 0 Å². The third-order valence-electron chi connectivity index (χ3n) is 6.67. The first-order valence-corrected chi connectivity index (χ1v) is 11.5. The van der Waals surface area contributed by atoms with Gasteiger partial charge >= 0.3 is 0 Å². The molecule has 28 heavy (non-hydrogen) atoms. The van der Waals surface area contributed by atoms with Gasteiger partial charge in [0, 0.05) is 37.6 Å². The normalized spacial score (nSPS) is 27.7. The summed E-state index contributed by atoms with van der Waals surface area (Å²) in [5.74, 6) is 1.12. The van der Waals surface area contributed by atoms with Crippen molar-refractivity contribution in [2.45, 2.75) is 36.6 Å². The Kier molecular flexibility index (Phi) is 5.14. The highest BCUT2D eigenvalue weighted by molar-refractivity contribution is 7.89. The van der Waals surface area contributed by atoms with Gasteiger partial charge in [-0.1, -0.05) is 6.92 Å². The van der Waals surface area contributed by atoms with Crippen molar-refractivity contribution in [3.63, 3.8) is 0 Å². The molecule has 0 unspecified atom stereocenters. The number of fused-ring (bicyclic) bond motifs is 2. The summed E-state index contributed by atoms with van der Waals surface area (Å²) in [4.78, 5) is 15.2. The smallest absolute Gasteiger partial charge is 0.243 e. The number of carbonyl (C=O) groups is 1. The minimum atomic E-state index is -3.53. The van der Waals surface area contributed by atoms with E-state index in [1.807, 2.05) is 0 Å². The lowest BCUT2D eigenvalue weighted by molar-refractivity contribution is -0.123. The van der Waals surface area contributed by atoms with Crippen LogP contribution in [0.5, 0.6) is 5.75 Å². The number of rotatable bonds is 5. The molecular weight excluding hydrogens is 378 g/mol. The van der Waals surface area contributed by atoms with Crippen LogP contribution in [-0.2, 0) is 14.8 Å². The number of hydrogen-bond donors (Lipinski definition) is 1. The molecule has 2 atom stereocenters. The zero-order valence-corrected chi connectivity index (χ0v) is 17.4. The number of carbonyl (C=O) groups excluding carboxylic acids is 1. The van der Waals surface area contributed by atoms with E-state index in [-0.39, 0.29) is 28.2 Å². The first-order valence-electron chi connectivity index (χ1n) is 10.1. The number of benzene rings is 1. The summed E-state index contributed by atoms with van der Waals surface area (Å²) in [6.07, 6.45) is 2.44. The summed E-state index contributed by atoms with van der Waals surface area (Å²) in [5.41, 5.74) is -0.254. The Morgan fingerprint density at radius 3 is 2.46 bits per heavy atom. The van der Waals surface area contributed by atoms with Gasteiger partial charge in [-0.15, -0.1) is 0 Å². The number of nitrogens with zero attached hydrogens (tertiary/aromatic N) is 2. The Labute approximate surface area is 167 Å². The van der Waals surface area contributed by atoms with E-state index in [0.29, 0.717) is 31.7 Å². The monoisotopic (exact) mass is 407 g/mol. The molecule has 3 fully saturated rings. The minimum absolute atomic E-state index is 0.0521. The molecule has 3 heterocycles. The molecule has 0 saturated carbocycles. The number of amides is 1. The van der Waals surface area contributed by atoms with E-state index in [2.05, 4.69) is 17.1 Å². The zero-order chi connectivity index (χ0) is 19.9. The van der Waals surface area contributed by atoms with Gasteiger partial charge in [0.1, 0.15) is 5.75 Å². The Hall–Kier alpha value is -1.64. The van der Waals surface area contributed by atoms with Gasteiger partial charge < -0.3 is 15.0 Å². The van der Waals surface area contributed by atoms with Crippen molar-refractivity contribution >= 4 is 15.9 Å². The van der Waals surface area contributed by atoms with Gasteiger partial charge in [0.25, 0.3) is 0 Å². The summed E-state index contributed by atoms with van der Waals surface area (Å²) in [6.45, 7) is 5.82. The van der Waals surface area contributed by atoms with Crippen molar-refractivity contribution in [3.05, 3.63) is 24.3 Å². The number of methoxy groups -OCH3 is 1. The van der Waals surface area contributed by atoms with E-state index >= 15 is 0 Å². The van der Waals surface area contributed by atoms with E-state index in [0.717, 1.165) is 26.1 Å². The fraction of sp³-hybridized carbons (Fsp3) is 0.650. The number of likely N-dealkylation sites (tertiary alicyclic amines) is 1. The van der Waals surface area contributed by atoms with Crippen LogP contribution in [0.4, 0.5) is 0 Å². The molecule has 3 aliphatic heterocycles. The standard InChI is InChI=1S/C20H29N3O4S/c1-3-10-22-13-17-18(14-22)20(21-19(17)24)8-11-23(12-9-20)28(25,26)16-6-4-15(27-2)5-7-16/h4-7,17-18H,3,8-14H2,1-2H3,(H,21,24)/t17-,18+/m1/s1. The van der Waals surface area contributed by atoms with Crippen molar-refractivity contribution in [1.29, 1.82) is 0 Å². The van der Waals surface area contributed by atoms with E-state index in [9.17, 15) is 13.2 Å². The van der Waals surface area contributed by atoms with Crippen LogP contribution in [0.15, 0.2) is 29.2 Å². The highest BCUT2D eigenvalue weighted by atomic mass is 32.2. The van der Waals surface area contributed by atoms with Crippen LogP contribution in [0.3, 0.4) is 0 Å².